The van der Waals surface area contributed by atoms with Crippen LogP contribution in [0.2, 0.25) is 0 Å². The van der Waals surface area contributed by atoms with Crippen LogP contribution in [0.3, 0.4) is 0 Å². The number of anilines is 1. The first kappa shape index (κ1) is 22.3. The van der Waals surface area contributed by atoms with Crippen molar-refractivity contribution >= 4 is 32.0 Å². The van der Waals surface area contributed by atoms with Crippen molar-refractivity contribution in [3.63, 3.8) is 0 Å². The molecule has 0 saturated carbocycles. The zero-order valence-electron chi connectivity index (χ0n) is 15.8. The van der Waals surface area contributed by atoms with E-state index in [9.17, 15) is 21.6 Å². The van der Waals surface area contributed by atoms with Crippen LogP contribution in [0.4, 0.5) is 10.7 Å². The molecule has 0 bridgehead atoms. The Bertz CT molecular complexity index is 1100. The fourth-order valence-corrected chi connectivity index (χ4v) is 4.57. The van der Waals surface area contributed by atoms with Gasteiger partial charge in [0.2, 0.25) is 16.0 Å². The van der Waals surface area contributed by atoms with Gasteiger partial charge >= 0.3 is 18.1 Å². The quantitative estimate of drug-likeness (QED) is 0.573. The maximum Gasteiger partial charge on any atom is 0.335 e. The molecule has 1 aromatic heterocycles. The number of nitrogens with one attached hydrogen (secondary N) is 2. The van der Waals surface area contributed by atoms with Gasteiger partial charge in [-0.3, -0.25) is 5.32 Å². The van der Waals surface area contributed by atoms with Crippen LogP contribution in [0.5, 0.6) is 12.0 Å². The third kappa shape index (κ3) is 5.07. The Kier molecular flexibility index (Phi) is 6.55. The maximum atomic E-state index is 12.6. The first-order chi connectivity index (χ1) is 13.5. The number of sulfonamides is 2. The van der Waals surface area contributed by atoms with Crippen LogP contribution in [-0.4, -0.2) is 70.4 Å². The fraction of sp³-hybridized carbons (Fsp3) is 0.286. The van der Waals surface area contributed by atoms with Gasteiger partial charge < -0.3 is 9.47 Å². The number of methoxy groups -OCH3 is 2. The summed E-state index contributed by atoms with van der Waals surface area (Å²) >= 11 is 0. The van der Waals surface area contributed by atoms with E-state index in [1.54, 1.807) is 4.72 Å². The van der Waals surface area contributed by atoms with E-state index in [1.165, 1.54) is 40.4 Å². The van der Waals surface area contributed by atoms with Gasteiger partial charge in [0.15, 0.2) is 0 Å². The van der Waals surface area contributed by atoms with E-state index < -0.39 is 35.9 Å². The lowest BCUT2D eigenvalue weighted by atomic mass is 10.4. The third-order valence-electron chi connectivity index (χ3n) is 3.31. The largest absolute Gasteiger partial charge is 0.467 e. The standard InChI is InChI=1S/C14H18N6O7S2/c1-20(2)29(24,25)10-8-6-5-7-9(10)28(22,23)19-12(21)15-11-16-13(26-3)18-14(17-11)27-4/h5-8H,1-4H3,(H2,15,16,17,18,19,21). The Morgan fingerprint density at radius 2 is 1.45 bits per heavy atom. The Labute approximate surface area is 167 Å². The van der Waals surface area contributed by atoms with Crippen LogP contribution >= 0.6 is 0 Å². The normalized spacial score (nSPS) is 11.8. The molecule has 0 radical (unpaired) electrons. The average molecular weight is 446 g/mol. The van der Waals surface area contributed by atoms with Gasteiger partial charge in [0.1, 0.15) is 9.79 Å². The lowest BCUT2D eigenvalue weighted by Gasteiger charge is -2.15. The summed E-state index contributed by atoms with van der Waals surface area (Å²) in [7, 11) is -3.61. The van der Waals surface area contributed by atoms with Gasteiger partial charge in [-0.2, -0.15) is 9.97 Å². The minimum Gasteiger partial charge on any atom is -0.467 e. The summed E-state index contributed by atoms with van der Waals surface area (Å²) in [5.74, 6) is -0.351. The number of carbonyl (C=O) groups excluding carboxylic acids is 1. The molecule has 2 N–H and O–H groups in total. The minimum atomic E-state index is -4.56. The third-order valence-corrected chi connectivity index (χ3v) is 6.70. The Hall–Kier alpha value is -3.04. The van der Waals surface area contributed by atoms with Crippen LogP contribution in [0.1, 0.15) is 0 Å². The van der Waals surface area contributed by atoms with E-state index >= 15 is 0 Å². The molecule has 15 heteroatoms. The minimum absolute atomic E-state index is 0.183. The van der Waals surface area contributed by atoms with E-state index in [1.807, 2.05) is 0 Å². The molecule has 0 fully saturated rings. The van der Waals surface area contributed by atoms with Crippen LogP contribution in [0.25, 0.3) is 0 Å². The molecule has 0 aliphatic heterocycles. The molecular formula is C14H18N6O7S2. The molecule has 13 nitrogen and oxygen atoms in total. The van der Waals surface area contributed by atoms with E-state index in [-0.39, 0.29) is 18.0 Å². The molecule has 1 heterocycles. The van der Waals surface area contributed by atoms with Crippen LogP contribution < -0.4 is 19.5 Å². The first-order valence-electron chi connectivity index (χ1n) is 7.70. The lowest BCUT2D eigenvalue weighted by Crippen LogP contribution is -2.36. The van der Waals surface area contributed by atoms with Gasteiger partial charge in [-0.05, 0) is 12.1 Å². The molecule has 0 spiro atoms. The molecule has 0 aliphatic rings. The zero-order valence-corrected chi connectivity index (χ0v) is 17.4. The number of carbonyl (C=O) groups is 1. The van der Waals surface area contributed by atoms with E-state index in [4.69, 9.17) is 9.47 Å². The molecule has 0 atom stereocenters. The van der Waals surface area contributed by atoms with Gasteiger partial charge in [0, 0.05) is 14.1 Å². The second kappa shape index (κ2) is 8.54. The smallest absolute Gasteiger partial charge is 0.335 e. The molecule has 0 unspecified atom stereocenters. The summed E-state index contributed by atoms with van der Waals surface area (Å²) < 4.78 is 62.2. The number of ether oxygens (including phenoxy) is 2. The number of hydrogen-bond acceptors (Lipinski definition) is 10. The number of benzene rings is 1. The molecule has 0 saturated heterocycles. The van der Waals surface area contributed by atoms with Gasteiger partial charge in [-0.25, -0.2) is 30.7 Å². The van der Waals surface area contributed by atoms with Crippen LogP contribution in [-0.2, 0) is 20.0 Å². The first-order valence-corrected chi connectivity index (χ1v) is 10.6. The molecule has 2 amide bonds. The van der Waals surface area contributed by atoms with E-state index in [0.717, 1.165) is 16.4 Å². The second-order valence-electron chi connectivity index (χ2n) is 5.43. The predicted molar refractivity (Wildman–Crippen MR) is 99.6 cm³/mol. The molecular weight excluding hydrogens is 428 g/mol. The Morgan fingerprint density at radius 3 is 1.93 bits per heavy atom. The SMILES string of the molecule is COc1nc(NC(=O)NS(=O)(=O)c2ccccc2S(=O)(=O)N(C)C)nc(OC)n1. The Morgan fingerprint density at radius 1 is 0.931 bits per heavy atom. The number of amides is 2. The van der Waals surface area contributed by atoms with Crippen molar-refractivity contribution in [2.24, 2.45) is 0 Å². The van der Waals surface area contributed by atoms with E-state index in [0.29, 0.717) is 0 Å². The van der Waals surface area contributed by atoms with Crippen LogP contribution in [0, 0.1) is 0 Å². The molecule has 2 aromatic rings. The highest BCUT2D eigenvalue weighted by atomic mass is 32.2. The summed E-state index contributed by atoms with van der Waals surface area (Å²) in [6.07, 6.45) is 0. The molecule has 0 aliphatic carbocycles. The zero-order chi connectivity index (χ0) is 21.8. The summed E-state index contributed by atoms with van der Waals surface area (Å²) in [6.45, 7) is 0. The highest BCUT2D eigenvalue weighted by Crippen LogP contribution is 2.22. The predicted octanol–water partition coefficient (Wildman–Crippen LogP) is -0.350. The van der Waals surface area contributed by atoms with E-state index in [2.05, 4.69) is 20.3 Å². The van der Waals surface area contributed by atoms with Crippen molar-refractivity contribution in [1.29, 1.82) is 0 Å². The number of nitrogens with zero attached hydrogens (tertiary/aromatic N) is 4. The maximum absolute atomic E-state index is 12.6. The molecule has 29 heavy (non-hydrogen) atoms. The van der Waals surface area contributed by atoms with Gasteiger partial charge in [-0.15, -0.1) is 4.98 Å². The van der Waals surface area contributed by atoms with Crippen molar-refractivity contribution in [2.45, 2.75) is 9.79 Å². The van der Waals surface area contributed by atoms with Crippen molar-refractivity contribution in [3.8, 4) is 12.0 Å². The van der Waals surface area contributed by atoms with Gasteiger partial charge in [0.25, 0.3) is 10.0 Å². The number of aromatic nitrogens is 3. The van der Waals surface area contributed by atoms with Gasteiger partial charge in [0.05, 0.1) is 14.2 Å². The molecule has 1 aromatic carbocycles. The number of rotatable bonds is 7. The Balaban J connectivity index is 2.33. The van der Waals surface area contributed by atoms with Crippen molar-refractivity contribution in [3.05, 3.63) is 24.3 Å². The van der Waals surface area contributed by atoms with Gasteiger partial charge in [-0.1, -0.05) is 12.1 Å². The lowest BCUT2D eigenvalue weighted by molar-refractivity contribution is 0.256. The summed E-state index contributed by atoms with van der Waals surface area (Å²) in [5, 5.41) is 2.09. The van der Waals surface area contributed by atoms with Crippen molar-refractivity contribution in [2.75, 3.05) is 33.6 Å². The monoisotopic (exact) mass is 446 g/mol. The second-order valence-corrected chi connectivity index (χ2v) is 9.20. The molecule has 158 valence electrons. The highest BCUT2D eigenvalue weighted by Gasteiger charge is 2.29. The van der Waals surface area contributed by atoms with Crippen molar-refractivity contribution in [1.82, 2.24) is 24.0 Å². The summed E-state index contributed by atoms with van der Waals surface area (Å²) in [6, 6.07) is 3.25. The van der Waals surface area contributed by atoms with Crippen molar-refractivity contribution < 1.29 is 31.1 Å². The summed E-state index contributed by atoms with van der Waals surface area (Å²) in [5.41, 5.74) is 0. The van der Waals surface area contributed by atoms with Crippen LogP contribution in [0.15, 0.2) is 34.1 Å². The number of hydrogen-bond donors (Lipinski definition) is 2. The summed E-state index contributed by atoms with van der Waals surface area (Å²) in [4.78, 5) is 22.2. The fourth-order valence-electron chi connectivity index (χ4n) is 1.96. The average Bonchev–Trinajstić information content (AvgIpc) is 2.66. The topological polar surface area (TPSA) is 170 Å². The molecule has 2 rings (SSSR count). The highest BCUT2D eigenvalue weighted by molar-refractivity contribution is 7.92. The number of urea groups is 1.